The maximum Gasteiger partial charge on any atom is 0.302 e. The summed E-state index contributed by atoms with van der Waals surface area (Å²) in [7, 11) is 0. The largest absolute Gasteiger partial charge is 0.472 e. The maximum atomic E-state index is 11.7. The Balaban J connectivity index is 1.71. The monoisotopic (exact) mass is 376 g/mol. The van der Waals surface area contributed by atoms with Gasteiger partial charge >= 0.3 is 5.97 Å². The number of aliphatic hydroxyl groups excluding tert-OH is 1. The molecule has 0 bridgehead atoms. The molecular weight excluding hydrogens is 344 g/mol. The predicted molar refractivity (Wildman–Crippen MR) is 100.0 cm³/mol. The second-order valence-electron chi connectivity index (χ2n) is 9.47. The average molecular weight is 376 g/mol. The molecule has 27 heavy (non-hydrogen) atoms. The molecule has 0 spiro atoms. The lowest BCUT2D eigenvalue weighted by Crippen LogP contribution is -2.62. The number of aryl methyl sites for hydroxylation is 1. The van der Waals surface area contributed by atoms with Crippen molar-refractivity contribution in [2.45, 2.75) is 77.6 Å². The quantitative estimate of drug-likeness (QED) is 0.626. The van der Waals surface area contributed by atoms with Crippen molar-refractivity contribution >= 4 is 5.97 Å². The number of carbonyl (C=O) groups is 1. The van der Waals surface area contributed by atoms with E-state index in [1.54, 1.807) is 12.5 Å². The third kappa shape index (κ3) is 2.77. The van der Waals surface area contributed by atoms with Gasteiger partial charge in [-0.2, -0.15) is 0 Å². The van der Waals surface area contributed by atoms with Crippen LogP contribution in [0.15, 0.2) is 23.0 Å². The molecule has 2 saturated carbocycles. The first kappa shape index (κ1) is 19.0. The van der Waals surface area contributed by atoms with Crippen LogP contribution in [0.3, 0.4) is 0 Å². The van der Waals surface area contributed by atoms with Gasteiger partial charge < -0.3 is 19.0 Å². The number of hydrogen-bond donors (Lipinski definition) is 1. The van der Waals surface area contributed by atoms with Crippen LogP contribution in [0, 0.1) is 22.7 Å². The van der Waals surface area contributed by atoms with E-state index in [0.29, 0.717) is 18.6 Å². The molecule has 0 amide bonds. The van der Waals surface area contributed by atoms with E-state index >= 15 is 0 Å². The smallest absolute Gasteiger partial charge is 0.302 e. The first-order valence-electron chi connectivity index (χ1n) is 10.2. The number of aliphatic hydroxyl groups is 1. The van der Waals surface area contributed by atoms with Crippen molar-refractivity contribution in [2.24, 2.45) is 22.7 Å². The minimum Gasteiger partial charge on any atom is -0.472 e. The number of epoxide rings is 1. The maximum absolute atomic E-state index is 11.7. The molecular formula is C22H32O5. The highest BCUT2D eigenvalue weighted by atomic mass is 16.6. The Morgan fingerprint density at radius 2 is 2.15 bits per heavy atom. The van der Waals surface area contributed by atoms with E-state index in [1.807, 2.05) is 6.07 Å². The fraction of sp³-hybridized carbons (Fsp3) is 0.773. The summed E-state index contributed by atoms with van der Waals surface area (Å²) in [5, 5.41) is 11.1. The zero-order valence-electron chi connectivity index (χ0n) is 16.9. The molecule has 5 heteroatoms. The van der Waals surface area contributed by atoms with Crippen molar-refractivity contribution in [3.63, 3.8) is 0 Å². The molecule has 150 valence electrons. The zero-order valence-corrected chi connectivity index (χ0v) is 16.9. The Labute approximate surface area is 161 Å². The summed E-state index contributed by atoms with van der Waals surface area (Å²) in [5.74, 6) is 0.147. The summed E-state index contributed by atoms with van der Waals surface area (Å²) in [4.78, 5) is 11.7. The molecule has 1 N–H and O–H groups in total. The van der Waals surface area contributed by atoms with Crippen molar-refractivity contribution < 1.29 is 23.8 Å². The molecule has 1 aromatic heterocycles. The van der Waals surface area contributed by atoms with Gasteiger partial charge in [-0.15, -0.1) is 0 Å². The van der Waals surface area contributed by atoms with Gasteiger partial charge in [0.15, 0.2) is 0 Å². The molecule has 7 atom stereocenters. The van der Waals surface area contributed by atoms with Gasteiger partial charge in [0.05, 0.1) is 36.9 Å². The summed E-state index contributed by atoms with van der Waals surface area (Å²) in [5.41, 5.74) is 0.593. The third-order valence-electron chi connectivity index (χ3n) is 8.38. The summed E-state index contributed by atoms with van der Waals surface area (Å²) < 4.78 is 17.0. The lowest BCUT2D eigenvalue weighted by Gasteiger charge is -2.61. The molecule has 1 saturated heterocycles. The van der Waals surface area contributed by atoms with Crippen LogP contribution in [0.25, 0.3) is 0 Å². The van der Waals surface area contributed by atoms with E-state index in [-0.39, 0.29) is 28.3 Å². The molecule has 4 rings (SSSR count). The number of carbonyl (C=O) groups excluding carboxylic acids is 1. The average Bonchev–Trinajstić information content (AvgIpc) is 3.05. The van der Waals surface area contributed by atoms with E-state index in [2.05, 4.69) is 20.8 Å². The van der Waals surface area contributed by atoms with Crippen molar-refractivity contribution in [1.82, 2.24) is 0 Å². The van der Waals surface area contributed by atoms with Gasteiger partial charge in [0.2, 0.25) is 0 Å². The Kier molecular flexibility index (Phi) is 4.47. The molecule has 2 heterocycles. The van der Waals surface area contributed by atoms with Gasteiger partial charge in [0, 0.05) is 17.8 Å². The summed E-state index contributed by atoms with van der Waals surface area (Å²) in [6.07, 6.45) is 7.92. The van der Waals surface area contributed by atoms with Gasteiger partial charge in [-0.1, -0.05) is 13.8 Å². The van der Waals surface area contributed by atoms with Crippen LogP contribution in [-0.2, 0) is 20.7 Å². The fourth-order valence-electron chi connectivity index (χ4n) is 6.41. The Hall–Kier alpha value is -1.33. The van der Waals surface area contributed by atoms with Crippen molar-refractivity contribution in [2.75, 3.05) is 6.61 Å². The summed E-state index contributed by atoms with van der Waals surface area (Å²) in [6, 6.07) is 1.99. The second kappa shape index (κ2) is 6.35. The highest BCUT2D eigenvalue weighted by molar-refractivity contribution is 5.65. The lowest BCUT2D eigenvalue weighted by atomic mass is 9.43. The molecule has 5 nitrogen and oxygen atoms in total. The first-order valence-corrected chi connectivity index (χ1v) is 10.2. The predicted octanol–water partition coefficient (Wildman–Crippen LogP) is 3.74. The van der Waals surface area contributed by atoms with Crippen LogP contribution < -0.4 is 0 Å². The van der Waals surface area contributed by atoms with Crippen LogP contribution >= 0.6 is 0 Å². The normalized spacial score (nSPS) is 45.7. The molecule has 2 aliphatic carbocycles. The summed E-state index contributed by atoms with van der Waals surface area (Å²) in [6.45, 7) is 8.45. The fourth-order valence-corrected chi connectivity index (χ4v) is 6.41. The zero-order chi connectivity index (χ0) is 19.4. The van der Waals surface area contributed by atoms with E-state index in [1.165, 1.54) is 6.92 Å². The van der Waals surface area contributed by atoms with Crippen molar-refractivity contribution in [1.29, 1.82) is 0 Å². The highest BCUT2D eigenvalue weighted by Crippen LogP contribution is 2.70. The highest BCUT2D eigenvalue weighted by Gasteiger charge is 2.73. The van der Waals surface area contributed by atoms with Crippen LogP contribution in [0.4, 0.5) is 0 Å². The Morgan fingerprint density at radius 1 is 1.37 bits per heavy atom. The van der Waals surface area contributed by atoms with Crippen molar-refractivity contribution in [3.8, 4) is 0 Å². The molecule has 3 aliphatic rings. The number of furan rings is 1. The van der Waals surface area contributed by atoms with Crippen LogP contribution in [0.5, 0.6) is 0 Å². The minimum atomic E-state index is -0.425. The van der Waals surface area contributed by atoms with Crippen molar-refractivity contribution in [3.05, 3.63) is 24.2 Å². The van der Waals surface area contributed by atoms with Crippen LogP contribution in [0.2, 0.25) is 0 Å². The van der Waals surface area contributed by atoms with E-state index in [0.717, 1.165) is 37.7 Å². The number of fused-ring (bicyclic) bond motifs is 3. The molecule has 1 unspecified atom stereocenters. The topological polar surface area (TPSA) is 72.2 Å². The number of rotatable bonds is 5. The first-order chi connectivity index (χ1) is 12.7. The Bertz CT molecular complexity index is 700. The van der Waals surface area contributed by atoms with Gasteiger partial charge in [-0.3, -0.25) is 4.79 Å². The molecule has 1 aliphatic heterocycles. The standard InChI is InChI=1S/C22H32O5/c1-14-17(24)11-20(3)18(5-6-19-21(20,4)27-19)22(14,13-26-15(2)23)9-7-16-8-10-25-12-16/h8,10,12,14,17-19,24H,5-7,9,11,13H2,1-4H3/t14-,17+,18+,19?,20-,21+,22-/m0/s1. The lowest BCUT2D eigenvalue weighted by molar-refractivity contribution is -0.189. The molecule has 1 aromatic rings. The second-order valence-corrected chi connectivity index (χ2v) is 9.47. The Morgan fingerprint density at radius 3 is 2.81 bits per heavy atom. The van der Waals surface area contributed by atoms with Gasteiger partial charge in [0.25, 0.3) is 0 Å². The number of esters is 1. The van der Waals surface area contributed by atoms with Crippen LogP contribution in [-0.4, -0.2) is 35.5 Å². The molecule has 0 aromatic carbocycles. The van der Waals surface area contributed by atoms with Gasteiger partial charge in [-0.05, 0) is 62.5 Å². The van der Waals surface area contributed by atoms with Crippen LogP contribution in [0.1, 0.15) is 58.9 Å². The third-order valence-corrected chi connectivity index (χ3v) is 8.38. The molecule has 0 radical (unpaired) electrons. The SMILES string of the molecule is CC(=O)OC[C@@]1(CCc2ccoc2)[C@@H](C)[C@H](O)C[C@@]2(C)[C@H]1CCC1O[C@]12C. The van der Waals surface area contributed by atoms with E-state index in [4.69, 9.17) is 13.9 Å². The number of hydrogen-bond acceptors (Lipinski definition) is 5. The van der Waals surface area contributed by atoms with E-state index < -0.39 is 6.10 Å². The summed E-state index contributed by atoms with van der Waals surface area (Å²) >= 11 is 0. The minimum absolute atomic E-state index is 0.0562. The van der Waals surface area contributed by atoms with Gasteiger partial charge in [-0.25, -0.2) is 0 Å². The van der Waals surface area contributed by atoms with E-state index in [9.17, 15) is 9.90 Å². The molecule has 3 fully saturated rings. The number of ether oxygens (including phenoxy) is 2. The van der Waals surface area contributed by atoms with Gasteiger partial charge in [0.1, 0.15) is 0 Å².